The number of carbonyl (C=O) groups is 1. The van der Waals surface area contributed by atoms with Gasteiger partial charge < -0.3 is 11.1 Å². The van der Waals surface area contributed by atoms with Crippen molar-refractivity contribution in [2.24, 2.45) is 11.7 Å². The van der Waals surface area contributed by atoms with E-state index >= 15 is 0 Å². The van der Waals surface area contributed by atoms with Crippen LogP contribution in [0.2, 0.25) is 0 Å². The second-order valence-electron chi connectivity index (χ2n) is 4.85. The van der Waals surface area contributed by atoms with Crippen LogP contribution in [0, 0.1) is 16.0 Å². The third kappa shape index (κ3) is 3.29. The van der Waals surface area contributed by atoms with E-state index in [2.05, 4.69) is 5.32 Å². The smallest absolute Gasteiger partial charge is 0.269 e. The van der Waals surface area contributed by atoms with Gasteiger partial charge in [-0.15, -0.1) is 0 Å². The van der Waals surface area contributed by atoms with Crippen LogP contribution < -0.4 is 11.1 Å². The van der Waals surface area contributed by atoms with Gasteiger partial charge in [0.25, 0.3) is 5.69 Å². The van der Waals surface area contributed by atoms with Gasteiger partial charge in [0.15, 0.2) is 0 Å². The summed E-state index contributed by atoms with van der Waals surface area (Å²) in [7, 11) is 0. The molecule has 0 bridgehead atoms. The molecule has 0 radical (unpaired) electrons. The number of nitrogens with zero attached hydrogens (tertiary/aromatic N) is 1. The molecule has 1 aliphatic rings. The average Bonchev–Trinajstić information content (AvgIpc) is 2.82. The van der Waals surface area contributed by atoms with Gasteiger partial charge in [-0.1, -0.05) is 18.6 Å². The highest BCUT2D eigenvalue weighted by molar-refractivity contribution is 5.79. The van der Waals surface area contributed by atoms with Gasteiger partial charge in [-0.25, -0.2) is 0 Å². The van der Waals surface area contributed by atoms with Crippen LogP contribution in [0.15, 0.2) is 24.3 Å². The predicted octanol–water partition coefficient (Wildman–Crippen LogP) is 1.34. The Morgan fingerprint density at radius 1 is 1.47 bits per heavy atom. The summed E-state index contributed by atoms with van der Waals surface area (Å²) in [6.45, 7) is 0.295. The topological polar surface area (TPSA) is 98.3 Å². The van der Waals surface area contributed by atoms with E-state index in [0.29, 0.717) is 12.1 Å². The maximum Gasteiger partial charge on any atom is 0.269 e. The highest BCUT2D eigenvalue weighted by Crippen LogP contribution is 2.24. The quantitative estimate of drug-likeness (QED) is 0.632. The van der Waals surface area contributed by atoms with Crippen LogP contribution in [0.1, 0.15) is 24.8 Å². The Morgan fingerprint density at radius 3 is 2.89 bits per heavy atom. The minimum Gasteiger partial charge on any atom is -0.352 e. The normalized spacial score (nSPS) is 22.2. The Balaban J connectivity index is 1.93. The molecule has 0 aromatic heterocycles. The van der Waals surface area contributed by atoms with Gasteiger partial charge in [0.2, 0.25) is 5.91 Å². The van der Waals surface area contributed by atoms with Crippen LogP contribution in [-0.2, 0) is 11.3 Å². The van der Waals surface area contributed by atoms with Crippen LogP contribution >= 0.6 is 0 Å². The zero-order valence-electron chi connectivity index (χ0n) is 10.5. The number of nitro benzene ring substituents is 1. The Hall–Kier alpha value is -1.95. The zero-order valence-corrected chi connectivity index (χ0v) is 10.5. The van der Waals surface area contributed by atoms with Gasteiger partial charge >= 0.3 is 0 Å². The lowest BCUT2D eigenvalue weighted by Gasteiger charge is -2.15. The lowest BCUT2D eigenvalue weighted by Crippen LogP contribution is -2.38. The number of hydrogen-bond donors (Lipinski definition) is 2. The molecule has 0 heterocycles. The Labute approximate surface area is 111 Å². The SMILES string of the molecule is NC1CCCC1C(=O)NCc1cccc([N+](=O)[O-])c1. The van der Waals surface area contributed by atoms with E-state index < -0.39 is 4.92 Å². The molecule has 2 atom stereocenters. The Bertz CT molecular complexity index is 490. The van der Waals surface area contributed by atoms with Gasteiger partial charge in [0, 0.05) is 24.7 Å². The fourth-order valence-electron chi connectivity index (χ4n) is 2.41. The molecule has 0 saturated heterocycles. The van der Waals surface area contributed by atoms with E-state index in [0.717, 1.165) is 19.3 Å². The summed E-state index contributed by atoms with van der Waals surface area (Å²) in [6.07, 6.45) is 2.69. The summed E-state index contributed by atoms with van der Waals surface area (Å²) in [5.74, 6) is -0.185. The number of non-ortho nitro benzene ring substituents is 1. The van der Waals surface area contributed by atoms with Crippen LogP contribution in [0.25, 0.3) is 0 Å². The molecule has 1 aromatic carbocycles. The maximum atomic E-state index is 11.9. The van der Waals surface area contributed by atoms with Crippen LogP contribution in [0.4, 0.5) is 5.69 Å². The van der Waals surface area contributed by atoms with E-state index in [1.54, 1.807) is 12.1 Å². The number of nitro groups is 1. The number of hydrogen-bond acceptors (Lipinski definition) is 4. The van der Waals surface area contributed by atoms with Crippen LogP contribution in [-0.4, -0.2) is 16.9 Å². The van der Waals surface area contributed by atoms with Crippen molar-refractivity contribution in [2.45, 2.75) is 31.8 Å². The zero-order chi connectivity index (χ0) is 13.8. The molecular formula is C13H17N3O3. The molecule has 102 valence electrons. The van der Waals surface area contributed by atoms with Gasteiger partial charge in [-0.3, -0.25) is 14.9 Å². The fourth-order valence-corrected chi connectivity index (χ4v) is 2.41. The first-order valence-electron chi connectivity index (χ1n) is 6.34. The second-order valence-corrected chi connectivity index (χ2v) is 4.85. The summed E-state index contributed by atoms with van der Waals surface area (Å²) in [5, 5.41) is 13.4. The largest absolute Gasteiger partial charge is 0.352 e. The van der Waals surface area contributed by atoms with Crippen LogP contribution in [0.5, 0.6) is 0 Å². The molecule has 1 amide bonds. The lowest BCUT2D eigenvalue weighted by atomic mass is 10.0. The van der Waals surface area contributed by atoms with Gasteiger partial charge in [-0.05, 0) is 18.4 Å². The predicted molar refractivity (Wildman–Crippen MR) is 70.3 cm³/mol. The van der Waals surface area contributed by atoms with Crippen molar-refractivity contribution in [1.29, 1.82) is 0 Å². The van der Waals surface area contributed by atoms with Gasteiger partial charge in [-0.2, -0.15) is 0 Å². The molecule has 0 aliphatic heterocycles. The molecule has 1 saturated carbocycles. The lowest BCUT2D eigenvalue weighted by molar-refractivity contribution is -0.384. The van der Waals surface area contributed by atoms with Crippen LogP contribution in [0.3, 0.4) is 0 Å². The van der Waals surface area contributed by atoms with E-state index in [9.17, 15) is 14.9 Å². The molecule has 2 unspecified atom stereocenters. The fraction of sp³-hybridized carbons (Fsp3) is 0.462. The van der Waals surface area contributed by atoms with Crippen molar-refractivity contribution in [3.63, 3.8) is 0 Å². The first kappa shape index (κ1) is 13.5. The Morgan fingerprint density at radius 2 is 2.26 bits per heavy atom. The number of benzene rings is 1. The van der Waals surface area contributed by atoms with Crippen molar-refractivity contribution < 1.29 is 9.72 Å². The van der Waals surface area contributed by atoms with Crippen molar-refractivity contribution >= 4 is 11.6 Å². The number of amides is 1. The molecule has 1 aromatic rings. The standard InChI is InChI=1S/C13H17N3O3/c14-12-6-2-5-11(12)13(17)15-8-9-3-1-4-10(7-9)16(18)19/h1,3-4,7,11-12H,2,5-6,8,14H2,(H,15,17). The van der Waals surface area contributed by atoms with E-state index in [1.807, 2.05) is 0 Å². The highest BCUT2D eigenvalue weighted by Gasteiger charge is 2.29. The van der Waals surface area contributed by atoms with Crippen molar-refractivity contribution in [3.8, 4) is 0 Å². The summed E-state index contributed by atoms with van der Waals surface area (Å²) in [6, 6.07) is 6.20. The molecule has 1 fully saturated rings. The van der Waals surface area contributed by atoms with Crippen molar-refractivity contribution in [1.82, 2.24) is 5.32 Å². The van der Waals surface area contributed by atoms with Gasteiger partial charge in [0.05, 0.1) is 10.8 Å². The molecule has 6 nitrogen and oxygen atoms in total. The number of nitrogens with one attached hydrogen (secondary N) is 1. The molecule has 0 spiro atoms. The highest BCUT2D eigenvalue weighted by atomic mass is 16.6. The van der Waals surface area contributed by atoms with Crippen molar-refractivity contribution in [3.05, 3.63) is 39.9 Å². The summed E-state index contributed by atoms with van der Waals surface area (Å²) < 4.78 is 0. The third-order valence-electron chi connectivity index (χ3n) is 3.49. The molecule has 1 aliphatic carbocycles. The second kappa shape index (κ2) is 5.79. The molecular weight excluding hydrogens is 246 g/mol. The number of rotatable bonds is 4. The van der Waals surface area contributed by atoms with E-state index in [4.69, 9.17) is 5.73 Å². The average molecular weight is 263 g/mol. The minimum atomic E-state index is -0.446. The van der Waals surface area contributed by atoms with E-state index in [1.165, 1.54) is 12.1 Å². The third-order valence-corrected chi connectivity index (χ3v) is 3.49. The Kier molecular flexibility index (Phi) is 4.11. The van der Waals surface area contributed by atoms with E-state index in [-0.39, 0.29) is 23.6 Å². The molecule has 6 heteroatoms. The minimum absolute atomic E-state index is 0.0318. The summed E-state index contributed by atoms with van der Waals surface area (Å²) >= 11 is 0. The molecule has 2 rings (SSSR count). The monoisotopic (exact) mass is 263 g/mol. The first-order valence-corrected chi connectivity index (χ1v) is 6.34. The molecule has 3 N–H and O–H groups in total. The first-order chi connectivity index (χ1) is 9.08. The number of carbonyl (C=O) groups excluding carboxylic acids is 1. The number of nitrogens with two attached hydrogens (primary N) is 1. The molecule has 19 heavy (non-hydrogen) atoms. The maximum absolute atomic E-state index is 11.9. The van der Waals surface area contributed by atoms with Crippen molar-refractivity contribution in [2.75, 3.05) is 0 Å². The summed E-state index contributed by atoms with van der Waals surface area (Å²) in [4.78, 5) is 22.1. The summed E-state index contributed by atoms with van der Waals surface area (Å²) in [5.41, 5.74) is 6.61. The van der Waals surface area contributed by atoms with Gasteiger partial charge in [0.1, 0.15) is 0 Å².